The van der Waals surface area contributed by atoms with Crippen molar-refractivity contribution in [2.75, 3.05) is 20.8 Å². The van der Waals surface area contributed by atoms with E-state index in [1.54, 1.807) is 14.2 Å². The van der Waals surface area contributed by atoms with Gasteiger partial charge in [0.05, 0.1) is 20.3 Å². The van der Waals surface area contributed by atoms with Gasteiger partial charge in [0.2, 0.25) is 0 Å². The minimum atomic E-state index is 0.157. The van der Waals surface area contributed by atoms with E-state index in [-0.39, 0.29) is 6.04 Å². The fourth-order valence-corrected chi connectivity index (χ4v) is 4.87. The van der Waals surface area contributed by atoms with Gasteiger partial charge in [-0.15, -0.1) is 11.3 Å². The van der Waals surface area contributed by atoms with Crippen molar-refractivity contribution < 1.29 is 9.47 Å². The van der Waals surface area contributed by atoms with Gasteiger partial charge in [-0.2, -0.15) is 5.26 Å². The van der Waals surface area contributed by atoms with Gasteiger partial charge >= 0.3 is 0 Å². The molecular weight excluding hydrogens is 308 g/mol. The van der Waals surface area contributed by atoms with Crippen LogP contribution in [0.5, 0.6) is 11.5 Å². The van der Waals surface area contributed by atoms with Crippen LogP contribution in [-0.4, -0.2) is 25.7 Å². The van der Waals surface area contributed by atoms with E-state index in [1.807, 2.05) is 16.2 Å². The topological polar surface area (TPSA) is 45.5 Å². The molecule has 0 radical (unpaired) electrons. The standard InChI is InChI=1S/C18H18N2O2S/c1-21-15-7-11-5-13-9-23-17-3-4-20(10-19)14(18(13)17)6-12(11)8-16(15)22-2/h7-9,14H,3-6H2,1-2H3. The zero-order valence-electron chi connectivity index (χ0n) is 13.3. The van der Waals surface area contributed by atoms with Gasteiger partial charge in [-0.25, -0.2) is 0 Å². The summed E-state index contributed by atoms with van der Waals surface area (Å²) < 4.78 is 10.9. The second-order valence-corrected chi connectivity index (χ2v) is 6.98. The van der Waals surface area contributed by atoms with Crippen LogP contribution in [0, 0.1) is 11.5 Å². The molecule has 1 aliphatic heterocycles. The highest BCUT2D eigenvalue weighted by Gasteiger charge is 2.33. The number of benzene rings is 1. The summed E-state index contributed by atoms with van der Waals surface area (Å²) in [6, 6.07) is 4.32. The van der Waals surface area contributed by atoms with Crippen LogP contribution in [0.1, 0.15) is 33.2 Å². The van der Waals surface area contributed by atoms with Crippen molar-refractivity contribution in [3.05, 3.63) is 44.6 Å². The van der Waals surface area contributed by atoms with Gasteiger partial charge in [0.15, 0.2) is 17.7 Å². The Hall–Kier alpha value is -2.19. The molecular formula is C18H18N2O2S. The van der Waals surface area contributed by atoms with E-state index in [4.69, 9.17) is 9.47 Å². The van der Waals surface area contributed by atoms with Gasteiger partial charge in [0.1, 0.15) is 0 Å². The van der Waals surface area contributed by atoms with E-state index in [2.05, 4.69) is 23.7 Å². The molecule has 1 aliphatic carbocycles. The van der Waals surface area contributed by atoms with E-state index in [9.17, 15) is 5.26 Å². The summed E-state index contributed by atoms with van der Waals surface area (Å²) >= 11 is 1.84. The predicted octanol–water partition coefficient (Wildman–Crippen LogP) is 3.29. The van der Waals surface area contributed by atoms with Crippen LogP contribution in [0.25, 0.3) is 0 Å². The highest BCUT2D eigenvalue weighted by atomic mass is 32.1. The molecule has 0 fully saturated rings. The van der Waals surface area contributed by atoms with Crippen molar-refractivity contribution in [3.63, 3.8) is 0 Å². The first-order valence-corrected chi connectivity index (χ1v) is 8.62. The first-order chi connectivity index (χ1) is 11.2. The molecule has 4 rings (SSSR count). The van der Waals surface area contributed by atoms with Crippen LogP contribution in [0.2, 0.25) is 0 Å². The van der Waals surface area contributed by atoms with Crippen LogP contribution in [0.15, 0.2) is 17.5 Å². The third kappa shape index (κ3) is 2.17. The van der Waals surface area contributed by atoms with Crippen LogP contribution >= 0.6 is 11.3 Å². The molecule has 0 spiro atoms. The Morgan fingerprint density at radius 1 is 1.17 bits per heavy atom. The number of thiophene rings is 1. The first-order valence-electron chi connectivity index (χ1n) is 7.74. The first kappa shape index (κ1) is 14.4. The summed E-state index contributed by atoms with van der Waals surface area (Å²) in [5.74, 6) is 1.53. The Morgan fingerprint density at radius 2 is 1.91 bits per heavy atom. The van der Waals surface area contributed by atoms with Crippen LogP contribution < -0.4 is 9.47 Å². The van der Waals surface area contributed by atoms with Crippen molar-refractivity contribution in [3.8, 4) is 17.7 Å². The van der Waals surface area contributed by atoms with E-state index in [0.29, 0.717) is 0 Å². The number of rotatable bonds is 2. The maximum atomic E-state index is 9.53. The summed E-state index contributed by atoms with van der Waals surface area (Å²) in [6.45, 7) is 0.816. The van der Waals surface area contributed by atoms with Gasteiger partial charge < -0.3 is 14.4 Å². The normalized spacial score (nSPS) is 18.5. The van der Waals surface area contributed by atoms with E-state index < -0.39 is 0 Å². The second kappa shape index (κ2) is 5.47. The minimum absolute atomic E-state index is 0.157. The van der Waals surface area contributed by atoms with Crippen molar-refractivity contribution in [2.45, 2.75) is 25.3 Å². The van der Waals surface area contributed by atoms with Crippen molar-refractivity contribution >= 4 is 11.3 Å². The number of ether oxygens (including phenoxy) is 2. The summed E-state index contributed by atoms with van der Waals surface area (Å²) in [7, 11) is 3.33. The third-order valence-corrected chi connectivity index (χ3v) is 6.02. The number of nitrogens with zero attached hydrogens (tertiary/aromatic N) is 2. The number of hydrogen-bond donors (Lipinski definition) is 0. The molecule has 0 amide bonds. The lowest BCUT2D eigenvalue weighted by Crippen LogP contribution is -2.32. The molecule has 1 unspecified atom stereocenters. The Kier molecular flexibility index (Phi) is 3.42. The molecule has 5 heteroatoms. The van der Waals surface area contributed by atoms with Crippen LogP contribution in [-0.2, 0) is 19.3 Å². The van der Waals surface area contributed by atoms with E-state index in [1.165, 1.54) is 27.1 Å². The summed E-state index contributed by atoms with van der Waals surface area (Å²) in [4.78, 5) is 3.38. The molecule has 0 saturated carbocycles. The average molecular weight is 326 g/mol. The minimum Gasteiger partial charge on any atom is -0.493 e. The molecule has 23 heavy (non-hydrogen) atoms. The Balaban J connectivity index is 1.87. The zero-order chi connectivity index (χ0) is 16.0. The van der Waals surface area contributed by atoms with Gasteiger partial charge in [0.25, 0.3) is 0 Å². The smallest absolute Gasteiger partial charge is 0.179 e. The third-order valence-electron chi connectivity index (χ3n) is 4.91. The number of fused-ring (bicyclic) bond motifs is 1. The summed E-state index contributed by atoms with van der Waals surface area (Å²) in [5, 5.41) is 11.8. The van der Waals surface area contributed by atoms with Crippen molar-refractivity contribution in [1.29, 1.82) is 5.26 Å². The molecule has 1 atom stereocenters. The molecule has 1 aromatic carbocycles. The Bertz CT molecular complexity index is 806. The van der Waals surface area contributed by atoms with Crippen LogP contribution in [0.3, 0.4) is 0 Å². The number of nitriles is 1. The highest BCUT2D eigenvalue weighted by molar-refractivity contribution is 7.10. The molecule has 2 aromatic rings. The maximum absolute atomic E-state index is 9.53. The molecule has 0 N–H and O–H groups in total. The lowest BCUT2D eigenvalue weighted by atomic mass is 9.94. The molecule has 118 valence electrons. The predicted molar refractivity (Wildman–Crippen MR) is 89.1 cm³/mol. The van der Waals surface area contributed by atoms with Gasteiger partial charge in [0, 0.05) is 17.8 Å². The average Bonchev–Trinajstić information content (AvgIpc) is 2.91. The molecule has 1 aromatic heterocycles. The molecule has 4 nitrogen and oxygen atoms in total. The quantitative estimate of drug-likeness (QED) is 0.795. The van der Waals surface area contributed by atoms with Crippen molar-refractivity contribution in [1.82, 2.24) is 4.90 Å². The lowest BCUT2D eigenvalue weighted by molar-refractivity contribution is 0.278. The summed E-state index contributed by atoms with van der Waals surface area (Å²) in [6.07, 6.45) is 5.11. The molecule has 2 heterocycles. The fraction of sp³-hybridized carbons (Fsp3) is 0.389. The van der Waals surface area contributed by atoms with Gasteiger partial charge in [-0.1, -0.05) is 0 Å². The largest absolute Gasteiger partial charge is 0.493 e. The molecule has 0 saturated heterocycles. The zero-order valence-corrected chi connectivity index (χ0v) is 14.1. The summed E-state index contributed by atoms with van der Waals surface area (Å²) in [5.41, 5.74) is 5.27. The Morgan fingerprint density at radius 3 is 2.61 bits per heavy atom. The highest BCUT2D eigenvalue weighted by Crippen LogP contribution is 2.44. The van der Waals surface area contributed by atoms with Gasteiger partial charge in [-0.3, -0.25) is 0 Å². The van der Waals surface area contributed by atoms with Crippen LogP contribution in [0.4, 0.5) is 0 Å². The molecule has 2 aliphatic rings. The fourth-order valence-electron chi connectivity index (χ4n) is 3.78. The lowest BCUT2D eigenvalue weighted by Gasteiger charge is -2.32. The monoisotopic (exact) mass is 326 g/mol. The van der Waals surface area contributed by atoms with Crippen molar-refractivity contribution in [2.24, 2.45) is 0 Å². The van der Waals surface area contributed by atoms with E-state index in [0.717, 1.165) is 37.3 Å². The maximum Gasteiger partial charge on any atom is 0.179 e. The SMILES string of the molecule is COc1cc2c(cc1OC)CC1c3c(csc3CCN1C#N)C2. The Labute approximate surface area is 139 Å². The number of hydrogen-bond acceptors (Lipinski definition) is 5. The van der Waals surface area contributed by atoms with Gasteiger partial charge in [-0.05, 0) is 52.6 Å². The number of methoxy groups -OCH3 is 2. The molecule has 0 bridgehead atoms. The van der Waals surface area contributed by atoms with E-state index >= 15 is 0 Å². The second-order valence-electron chi connectivity index (χ2n) is 6.01.